The Labute approximate surface area is 141 Å². The first-order valence-corrected chi connectivity index (χ1v) is 8.62. The standard InChI is InChI=1S/C18H23ClN2O2/c1-21-11-13(16-7-4-14(19)10-17(16)21)8-9-20-15-5-2-12(3-6-15)18(22)23/h4,7,10-12,15,20H,2-3,5-6,8-9H2,1H3,(H,22,23). The van der Waals surface area contributed by atoms with Crippen molar-refractivity contribution in [2.75, 3.05) is 6.54 Å². The van der Waals surface area contributed by atoms with Crippen molar-refractivity contribution in [3.63, 3.8) is 0 Å². The zero-order valence-corrected chi connectivity index (χ0v) is 14.1. The van der Waals surface area contributed by atoms with Gasteiger partial charge in [-0.25, -0.2) is 0 Å². The molecule has 1 aromatic heterocycles. The first kappa shape index (κ1) is 16.3. The van der Waals surface area contributed by atoms with E-state index in [4.69, 9.17) is 16.7 Å². The molecule has 3 rings (SSSR count). The molecule has 2 N–H and O–H groups in total. The number of hydrogen-bond donors (Lipinski definition) is 2. The van der Waals surface area contributed by atoms with Gasteiger partial charge in [-0.3, -0.25) is 4.79 Å². The number of hydrogen-bond acceptors (Lipinski definition) is 2. The number of fused-ring (bicyclic) bond motifs is 1. The molecule has 0 atom stereocenters. The van der Waals surface area contributed by atoms with Gasteiger partial charge in [0.25, 0.3) is 0 Å². The molecule has 0 spiro atoms. The zero-order valence-electron chi connectivity index (χ0n) is 13.4. The van der Waals surface area contributed by atoms with Crippen LogP contribution in [0.3, 0.4) is 0 Å². The van der Waals surface area contributed by atoms with E-state index < -0.39 is 5.97 Å². The van der Waals surface area contributed by atoms with Crippen molar-refractivity contribution in [3.05, 3.63) is 35.0 Å². The maximum atomic E-state index is 11.0. The van der Waals surface area contributed by atoms with Gasteiger partial charge in [0.1, 0.15) is 0 Å². The summed E-state index contributed by atoms with van der Waals surface area (Å²) in [6.07, 6.45) is 6.64. The van der Waals surface area contributed by atoms with Crippen molar-refractivity contribution in [1.82, 2.24) is 9.88 Å². The second kappa shape index (κ2) is 6.93. The highest BCUT2D eigenvalue weighted by molar-refractivity contribution is 6.31. The van der Waals surface area contributed by atoms with Gasteiger partial charge in [0.2, 0.25) is 0 Å². The third-order valence-corrected chi connectivity index (χ3v) is 5.17. The zero-order chi connectivity index (χ0) is 16.4. The van der Waals surface area contributed by atoms with Crippen LogP contribution in [0.4, 0.5) is 0 Å². The van der Waals surface area contributed by atoms with Crippen molar-refractivity contribution < 1.29 is 9.90 Å². The number of carboxylic acid groups (broad SMARTS) is 1. The maximum absolute atomic E-state index is 11.0. The Morgan fingerprint density at radius 3 is 2.78 bits per heavy atom. The molecule has 23 heavy (non-hydrogen) atoms. The Bertz CT molecular complexity index is 702. The minimum atomic E-state index is -0.641. The molecule has 2 aromatic rings. The fourth-order valence-corrected chi connectivity index (χ4v) is 3.76. The normalized spacial score (nSPS) is 21.7. The van der Waals surface area contributed by atoms with Crippen molar-refractivity contribution in [2.24, 2.45) is 13.0 Å². The quantitative estimate of drug-likeness (QED) is 0.878. The Balaban J connectivity index is 1.55. The Morgan fingerprint density at radius 1 is 1.35 bits per heavy atom. The van der Waals surface area contributed by atoms with E-state index in [0.29, 0.717) is 6.04 Å². The molecule has 0 aliphatic heterocycles. The lowest BCUT2D eigenvalue weighted by atomic mass is 9.86. The monoisotopic (exact) mass is 334 g/mol. The van der Waals surface area contributed by atoms with Crippen molar-refractivity contribution in [2.45, 2.75) is 38.1 Å². The molecular formula is C18H23ClN2O2. The highest BCUT2D eigenvalue weighted by Gasteiger charge is 2.25. The van der Waals surface area contributed by atoms with Crippen LogP contribution >= 0.6 is 11.6 Å². The predicted octanol–water partition coefficient (Wildman–Crippen LogP) is 3.61. The molecule has 1 aliphatic rings. The molecule has 0 amide bonds. The second-order valence-corrected chi connectivity index (χ2v) is 6.95. The van der Waals surface area contributed by atoms with Gasteiger partial charge in [0.05, 0.1) is 5.92 Å². The minimum Gasteiger partial charge on any atom is -0.481 e. The molecule has 0 radical (unpaired) electrons. The van der Waals surface area contributed by atoms with Crippen LogP contribution in [0.2, 0.25) is 5.02 Å². The molecule has 1 heterocycles. The minimum absolute atomic E-state index is 0.143. The lowest BCUT2D eigenvalue weighted by Crippen LogP contribution is -2.36. The number of aromatic nitrogens is 1. The molecule has 1 fully saturated rings. The van der Waals surface area contributed by atoms with Crippen LogP contribution in [0.25, 0.3) is 10.9 Å². The van der Waals surface area contributed by atoms with E-state index in [1.807, 2.05) is 19.2 Å². The number of carboxylic acids is 1. The van der Waals surface area contributed by atoms with Crippen LogP contribution in [-0.4, -0.2) is 28.2 Å². The number of nitrogens with zero attached hydrogens (tertiary/aromatic N) is 1. The SMILES string of the molecule is Cn1cc(CCNC2CCC(C(=O)O)CC2)c2ccc(Cl)cc21. The highest BCUT2D eigenvalue weighted by atomic mass is 35.5. The average Bonchev–Trinajstić information content (AvgIpc) is 2.84. The topological polar surface area (TPSA) is 54.3 Å². The molecule has 4 nitrogen and oxygen atoms in total. The van der Waals surface area contributed by atoms with E-state index in [1.165, 1.54) is 10.9 Å². The van der Waals surface area contributed by atoms with Crippen molar-refractivity contribution in [1.29, 1.82) is 0 Å². The Morgan fingerprint density at radius 2 is 2.09 bits per heavy atom. The molecule has 1 aromatic carbocycles. The smallest absolute Gasteiger partial charge is 0.306 e. The largest absolute Gasteiger partial charge is 0.481 e. The number of benzene rings is 1. The summed E-state index contributed by atoms with van der Waals surface area (Å²) in [5, 5.41) is 14.6. The number of rotatable bonds is 5. The van der Waals surface area contributed by atoms with Crippen molar-refractivity contribution >= 4 is 28.5 Å². The van der Waals surface area contributed by atoms with E-state index in [0.717, 1.165) is 49.2 Å². The summed E-state index contributed by atoms with van der Waals surface area (Å²) in [4.78, 5) is 11.0. The highest BCUT2D eigenvalue weighted by Crippen LogP contribution is 2.26. The molecule has 124 valence electrons. The summed E-state index contributed by atoms with van der Waals surface area (Å²) in [6, 6.07) is 6.48. The first-order chi connectivity index (χ1) is 11.0. The predicted molar refractivity (Wildman–Crippen MR) is 93.0 cm³/mol. The van der Waals surface area contributed by atoms with Crippen LogP contribution in [0.1, 0.15) is 31.2 Å². The van der Waals surface area contributed by atoms with Gasteiger partial charge >= 0.3 is 5.97 Å². The van der Waals surface area contributed by atoms with Gasteiger partial charge in [-0.2, -0.15) is 0 Å². The van der Waals surface area contributed by atoms with Gasteiger partial charge in [0, 0.05) is 35.2 Å². The average molecular weight is 335 g/mol. The van der Waals surface area contributed by atoms with Crippen LogP contribution in [0.15, 0.2) is 24.4 Å². The van der Waals surface area contributed by atoms with E-state index in [9.17, 15) is 4.79 Å². The molecule has 1 aliphatic carbocycles. The molecule has 5 heteroatoms. The van der Waals surface area contributed by atoms with E-state index in [1.54, 1.807) is 0 Å². The summed E-state index contributed by atoms with van der Waals surface area (Å²) >= 11 is 6.07. The number of carbonyl (C=O) groups is 1. The lowest BCUT2D eigenvalue weighted by Gasteiger charge is -2.26. The number of nitrogens with one attached hydrogen (secondary N) is 1. The van der Waals surface area contributed by atoms with Gasteiger partial charge < -0.3 is 15.0 Å². The van der Waals surface area contributed by atoms with Gasteiger partial charge in [0.15, 0.2) is 0 Å². The molecule has 0 saturated heterocycles. The maximum Gasteiger partial charge on any atom is 0.306 e. The molecule has 1 saturated carbocycles. The van der Waals surface area contributed by atoms with Gasteiger partial charge in [-0.05, 0) is 56.3 Å². The number of aliphatic carboxylic acids is 1. The summed E-state index contributed by atoms with van der Waals surface area (Å²) in [7, 11) is 2.04. The lowest BCUT2D eigenvalue weighted by molar-refractivity contribution is -0.142. The Hall–Kier alpha value is -1.52. The fourth-order valence-electron chi connectivity index (χ4n) is 3.60. The van der Waals surface area contributed by atoms with E-state index >= 15 is 0 Å². The summed E-state index contributed by atoms with van der Waals surface area (Å²) in [5.74, 6) is -0.784. The molecular weight excluding hydrogens is 312 g/mol. The Kier molecular flexibility index (Phi) is 4.93. The van der Waals surface area contributed by atoms with Crippen molar-refractivity contribution in [3.8, 4) is 0 Å². The second-order valence-electron chi connectivity index (χ2n) is 6.52. The number of halogens is 1. The molecule has 0 bridgehead atoms. The van der Waals surface area contributed by atoms with E-state index in [2.05, 4.69) is 22.1 Å². The van der Waals surface area contributed by atoms with Gasteiger partial charge in [-0.15, -0.1) is 0 Å². The van der Waals surface area contributed by atoms with Crippen LogP contribution < -0.4 is 5.32 Å². The third-order valence-electron chi connectivity index (χ3n) is 4.94. The van der Waals surface area contributed by atoms with Gasteiger partial charge in [-0.1, -0.05) is 17.7 Å². The fraction of sp³-hybridized carbons (Fsp3) is 0.500. The van der Waals surface area contributed by atoms with E-state index in [-0.39, 0.29) is 5.92 Å². The van der Waals surface area contributed by atoms with Crippen LogP contribution in [0, 0.1) is 5.92 Å². The van der Waals surface area contributed by atoms with Crippen LogP contribution in [0.5, 0.6) is 0 Å². The molecule has 0 unspecified atom stereocenters. The number of aryl methyl sites for hydroxylation is 1. The summed E-state index contributed by atoms with van der Waals surface area (Å²) in [5.41, 5.74) is 2.49. The van der Waals surface area contributed by atoms with Crippen LogP contribution in [-0.2, 0) is 18.3 Å². The summed E-state index contributed by atoms with van der Waals surface area (Å²) < 4.78 is 2.12. The first-order valence-electron chi connectivity index (χ1n) is 8.24. The third kappa shape index (κ3) is 3.70. The summed E-state index contributed by atoms with van der Waals surface area (Å²) in [6.45, 7) is 0.921.